The molecule has 0 aromatic carbocycles. The number of allylic oxidation sites excluding steroid dienone is 3. The highest BCUT2D eigenvalue weighted by Gasteiger charge is 2.44. The number of aliphatic hydroxyl groups excluding tert-OH is 5. The molecule has 0 aliphatic carbocycles. The molecular weight excluding hydrogens is 943 g/mol. The highest BCUT2D eigenvalue weighted by atomic mass is 16.7. The lowest BCUT2D eigenvalue weighted by molar-refractivity contribution is -0.302. The standard InChI is InChI=1S/C64H121NO10/c1-3-5-7-9-11-13-15-16-27-31-34-38-42-46-50-57(67)56(55-74-64-63(72)62(71)61(70)58(54-66)75-64)65-59(68)51-47-43-39-35-32-28-25-23-21-19-17-18-20-22-24-26-29-33-37-41-45-49-53-73-60(69)52-48-44-40-36-30-14-12-10-8-6-4-2/h19,21,46,50,56-58,61-64,66-67,70-72H,3-18,20,22-45,47-49,51-55H2,1-2H3,(H,65,68)/b21-19-,50-46+. The summed E-state index contributed by atoms with van der Waals surface area (Å²) in [6, 6.07) is -0.815. The zero-order valence-corrected chi connectivity index (χ0v) is 48.8. The third-order valence-corrected chi connectivity index (χ3v) is 15.3. The van der Waals surface area contributed by atoms with Crippen LogP contribution in [0.25, 0.3) is 0 Å². The van der Waals surface area contributed by atoms with Gasteiger partial charge in [0.05, 0.1) is 32.0 Å². The van der Waals surface area contributed by atoms with Gasteiger partial charge in [-0.05, 0) is 57.8 Å². The van der Waals surface area contributed by atoms with Crippen molar-refractivity contribution < 1.29 is 49.3 Å². The molecule has 0 spiro atoms. The number of hydrogen-bond acceptors (Lipinski definition) is 10. The summed E-state index contributed by atoms with van der Waals surface area (Å²) in [5, 5.41) is 54.5. The van der Waals surface area contributed by atoms with Crippen LogP contribution in [0.3, 0.4) is 0 Å². The quantitative estimate of drug-likeness (QED) is 0.0195. The molecule has 75 heavy (non-hydrogen) atoms. The number of unbranched alkanes of at least 4 members (excludes halogenated alkanes) is 40. The summed E-state index contributed by atoms with van der Waals surface area (Å²) in [5.41, 5.74) is 0. The van der Waals surface area contributed by atoms with E-state index in [2.05, 4.69) is 31.3 Å². The molecule has 1 heterocycles. The van der Waals surface area contributed by atoms with E-state index < -0.39 is 49.5 Å². The second-order valence-corrected chi connectivity index (χ2v) is 22.5. The van der Waals surface area contributed by atoms with Gasteiger partial charge in [0.1, 0.15) is 24.4 Å². The van der Waals surface area contributed by atoms with E-state index in [-0.39, 0.29) is 18.5 Å². The summed E-state index contributed by atoms with van der Waals surface area (Å²) in [4.78, 5) is 25.1. The van der Waals surface area contributed by atoms with Crippen molar-refractivity contribution in [2.24, 2.45) is 0 Å². The average Bonchev–Trinajstić information content (AvgIpc) is 3.41. The molecular formula is C64H121NO10. The van der Waals surface area contributed by atoms with Crippen LogP contribution in [0.2, 0.25) is 0 Å². The number of esters is 1. The Morgan fingerprint density at radius 3 is 1.28 bits per heavy atom. The van der Waals surface area contributed by atoms with E-state index in [1.54, 1.807) is 6.08 Å². The fourth-order valence-electron chi connectivity index (χ4n) is 10.2. The maximum atomic E-state index is 13.1. The van der Waals surface area contributed by atoms with Crippen LogP contribution in [0.5, 0.6) is 0 Å². The van der Waals surface area contributed by atoms with Crippen LogP contribution in [0.1, 0.15) is 309 Å². The first-order valence-electron chi connectivity index (χ1n) is 32.1. The zero-order valence-electron chi connectivity index (χ0n) is 48.8. The van der Waals surface area contributed by atoms with E-state index in [0.717, 1.165) is 70.6 Å². The Morgan fingerprint density at radius 1 is 0.480 bits per heavy atom. The summed E-state index contributed by atoms with van der Waals surface area (Å²) in [6.45, 7) is 4.35. The van der Waals surface area contributed by atoms with Gasteiger partial charge in [-0.15, -0.1) is 0 Å². The molecule has 6 N–H and O–H groups in total. The zero-order chi connectivity index (χ0) is 54.5. The van der Waals surface area contributed by atoms with E-state index in [0.29, 0.717) is 19.4 Å². The van der Waals surface area contributed by atoms with Crippen LogP contribution in [0.4, 0.5) is 0 Å². The van der Waals surface area contributed by atoms with E-state index in [4.69, 9.17) is 14.2 Å². The number of rotatable bonds is 56. The Morgan fingerprint density at radius 2 is 0.853 bits per heavy atom. The first kappa shape index (κ1) is 71.2. The van der Waals surface area contributed by atoms with Gasteiger partial charge >= 0.3 is 5.97 Å². The molecule has 1 saturated heterocycles. The van der Waals surface area contributed by atoms with Crippen LogP contribution in [-0.2, 0) is 23.8 Å². The van der Waals surface area contributed by atoms with E-state index >= 15 is 0 Å². The third kappa shape index (κ3) is 43.7. The molecule has 11 heteroatoms. The molecule has 0 bridgehead atoms. The Kier molecular flexibility index (Phi) is 51.3. The molecule has 7 unspecified atom stereocenters. The minimum Gasteiger partial charge on any atom is -0.466 e. The average molecular weight is 1060 g/mol. The van der Waals surface area contributed by atoms with Crippen molar-refractivity contribution in [3.63, 3.8) is 0 Å². The van der Waals surface area contributed by atoms with Crippen molar-refractivity contribution in [2.45, 2.75) is 352 Å². The number of carbonyl (C=O) groups is 2. The van der Waals surface area contributed by atoms with E-state index in [9.17, 15) is 35.1 Å². The number of carbonyl (C=O) groups excluding carboxylic acids is 2. The van der Waals surface area contributed by atoms with Crippen molar-refractivity contribution in [2.75, 3.05) is 19.8 Å². The van der Waals surface area contributed by atoms with Gasteiger partial charge in [-0.25, -0.2) is 0 Å². The molecule has 7 atom stereocenters. The molecule has 0 saturated carbocycles. The minimum absolute atomic E-state index is 0.00244. The van der Waals surface area contributed by atoms with Crippen LogP contribution >= 0.6 is 0 Å². The topological polar surface area (TPSA) is 175 Å². The van der Waals surface area contributed by atoms with Gasteiger partial charge in [-0.2, -0.15) is 0 Å². The summed E-state index contributed by atoms with van der Waals surface area (Å²) in [6.07, 6.45) is 55.6. The number of ether oxygens (including phenoxy) is 3. The third-order valence-electron chi connectivity index (χ3n) is 15.3. The molecule has 0 aromatic rings. The Balaban J connectivity index is 2.07. The maximum absolute atomic E-state index is 13.1. The van der Waals surface area contributed by atoms with Gasteiger partial charge in [0.15, 0.2) is 6.29 Å². The van der Waals surface area contributed by atoms with Crippen molar-refractivity contribution in [3.8, 4) is 0 Å². The van der Waals surface area contributed by atoms with Crippen LogP contribution in [0, 0.1) is 0 Å². The van der Waals surface area contributed by atoms with Gasteiger partial charge < -0.3 is 45.1 Å². The number of amides is 1. The van der Waals surface area contributed by atoms with Gasteiger partial charge in [-0.3, -0.25) is 9.59 Å². The Labute approximate surface area is 461 Å². The van der Waals surface area contributed by atoms with E-state index in [1.807, 2.05) is 6.08 Å². The van der Waals surface area contributed by atoms with Crippen molar-refractivity contribution in [3.05, 3.63) is 24.3 Å². The monoisotopic (exact) mass is 1060 g/mol. The second-order valence-electron chi connectivity index (χ2n) is 22.5. The van der Waals surface area contributed by atoms with Crippen LogP contribution < -0.4 is 5.32 Å². The summed E-state index contributed by atoms with van der Waals surface area (Å²) in [5.74, 6) is -0.189. The molecule has 1 aliphatic rings. The summed E-state index contributed by atoms with van der Waals surface area (Å²) < 4.78 is 16.7. The largest absolute Gasteiger partial charge is 0.466 e. The van der Waals surface area contributed by atoms with E-state index in [1.165, 1.54) is 212 Å². The molecule has 442 valence electrons. The molecule has 0 aromatic heterocycles. The molecule has 1 fully saturated rings. The lowest BCUT2D eigenvalue weighted by Crippen LogP contribution is -2.60. The highest BCUT2D eigenvalue weighted by molar-refractivity contribution is 5.76. The molecule has 1 aliphatic heterocycles. The first-order valence-corrected chi connectivity index (χ1v) is 32.1. The van der Waals surface area contributed by atoms with Gasteiger partial charge in [0.2, 0.25) is 5.91 Å². The molecule has 1 rings (SSSR count). The molecule has 11 nitrogen and oxygen atoms in total. The number of aliphatic hydroxyl groups is 5. The number of hydrogen-bond donors (Lipinski definition) is 6. The summed E-state index contributed by atoms with van der Waals surface area (Å²) in [7, 11) is 0. The normalized spacial score (nSPS) is 18.8. The highest BCUT2D eigenvalue weighted by Crippen LogP contribution is 2.23. The lowest BCUT2D eigenvalue weighted by Gasteiger charge is -2.40. The molecule has 0 radical (unpaired) electrons. The smallest absolute Gasteiger partial charge is 0.305 e. The Hall–Kier alpha value is -1.86. The predicted octanol–water partition coefficient (Wildman–Crippen LogP) is 15.3. The first-order chi connectivity index (χ1) is 36.7. The Bertz CT molecular complexity index is 1300. The fraction of sp³-hybridized carbons (Fsp3) is 0.906. The van der Waals surface area contributed by atoms with Gasteiger partial charge in [-0.1, -0.05) is 263 Å². The van der Waals surface area contributed by atoms with Crippen molar-refractivity contribution in [1.82, 2.24) is 5.32 Å². The molecule has 1 amide bonds. The summed E-state index contributed by atoms with van der Waals surface area (Å²) >= 11 is 0. The van der Waals surface area contributed by atoms with Gasteiger partial charge in [0.25, 0.3) is 0 Å². The predicted molar refractivity (Wildman–Crippen MR) is 311 cm³/mol. The van der Waals surface area contributed by atoms with Gasteiger partial charge in [0, 0.05) is 12.8 Å². The van der Waals surface area contributed by atoms with Crippen molar-refractivity contribution in [1.29, 1.82) is 0 Å². The number of nitrogens with one attached hydrogen (secondary N) is 1. The SMILES string of the molecule is CCCCCCCCCCCCCC/C=C/C(O)C(COC1OC(CO)C(O)C(O)C1O)NC(=O)CCCCCCCCC/C=C\CCCCCCCCCCCCCOC(=O)CCCCCCCCCCCCC. The second kappa shape index (κ2) is 54.1. The van der Waals surface area contributed by atoms with Crippen molar-refractivity contribution >= 4 is 11.9 Å². The fourth-order valence-corrected chi connectivity index (χ4v) is 10.2. The van der Waals surface area contributed by atoms with Crippen LogP contribution in [0.15, 0.2) is 24.3 Å². The maximum Gasteiger partial charge on any atom is 0.305 e. The lowest BCUT2D eigenvalue weighted by atomic mass is 9.99. The minimum atomic E-state index is -1.57. The van der Waals surface area contributed by atoms with Crippen LogP contribution in [-0.4, -0.2) is 100 Å².